The van der Waals surface area contributed by atoms with Crippen molar-refractivity contribution in [2.45, 2.75) is 12.8 Å². The van der Waals surface area contributed by atoms with Crippen LogP contribution in [0.25, 0.3) is 0 Å². The number of halogens is 1. The number of fused-ring (bicyclic) bond motifs is 1. The molecule has 0 spiro atoms. The lowest BCUT2D eigenvalue weighted by Gasteiger charge is -2.17. The molecule has 0 radical (unpaired) electrons. The second kappa shape index (κ2) is 6.00. The maximum Gasteiger partial charge on any atom is 0.269 e. The Kier molecular flexibility index (Phi) is 3.89. The lowest BCUT2D eigenvalue weighted by molar-refractivity contribution is -0.384. The van der Waals surface area contributed by atoms with Crippen molar-refractivity contribution in [3.05, 3.63) is 81.3 Å². The lowest BCUT2D eigenvalue weighted by Crippen LogP contribution is -2.15. The maximum absolute atomic E-state index is 13.2. The minimum absolute atomic E-state index is 0.00731. The third-order valence-electron chi connectivity index (χ3n) is 3.76. The van der Waals surface area contributed by atoms with Crippen molar-refractivity contribution in [2.24, 2.45) is 0 Å². The summed E-state index contributed by atoms with van der Waals surface area (Å²) in [6, 6.07) is 10.1. The number of nitro groups is 1. The first-order valence-corrected chi connectivity index (χ1v) is 7.08. The number of nitrogens with zero attached hydrogens (tertiary/aromatic N) is 1. The first-order valence-electron chi connectivity index (χ1n) is 7.08. The van der Waals surface area contributed by atoms with Gasteiger partial charge < -0.3 is 5.32 Å². The Hall–Kier alpha value is -3.02. The SMILES string of the molecule is O=C1/C(=C\Nc2ccc([N+](=O)[O-])cc2)CCc2cc(F)ccc21. The van der Waals surface area contributed by atoms with Crippen LogP contribution < -0.4 is 5.32 Å². The number of anilines is 1. The van der Waals surface area contributed by atoms with Gasteiger partial charge in [0.15, 0.2) is 5.78 Å². The third kappa shape index (κ3) is 3.11. The van der Waals surface area contributed by atoms with E-state index in [2.05, 4.69) is 5.32 Å². The summed E-state index contributed by atoms with van der Waals surface area (Å²) in [7, 11) is 0. The number of benzene rings is 2. The van der Waals surface area contributed by atoms with E-state index in [4.69, 9.17) is 0 Å². The van der Waals surface area contributed by atoms with Gasteiger partial charge in [-0.3, -0.25) is 14.9 Å². The molecule has 2 aromatic rings. The molecule has 5 nitrogen and oxygen atoms in total. The van der Waals surface area contributed by atoms with Crippen molar-refractivity contribution in [2.75, 3.05) is 5.32 Å². The number of carbonyl (C=O) groups is 1. The lowest BCUT2D eigenvalue weighted by atomic mass is 9.87. The first kappa shape index (κ1) is 14.9. The molecule has 6 heteroatoms. The Labute approximate surface area is 131 Å². The summed E-state index contributed by atoms with van der Waals surface area (Å²) in [5, 5.41) is 13.6. The topological polar surface area (TPSA) is 72.2 Å². The maximum atomic E-state index is 13.2. The van der Waals surface area contributed by atoms with Gasteiger partial charge in [0.1, 0.15) is 5.82 Å². The van der Waals surface area contributed by atoms with E-state index in [9.17, 15) is 19.3 Å². The fourth-order valence-electron chi connectivity index (χ4n) is 2.53. The van der Waals surface area contributed by atoms with Crippen LogP contribution in [-0.2, 0) is 6.42 Å². The second-order valence-corrected chi connectivity index (χ2v) is 5.25. The monoisotopic (exact) mass is 312 g/mol. The van der Waals surface area contributed by atoms with Crippen LogP contribution in [0.4, 0.5) is 15.8 Å². The van der Waals surface area contributed by atoms with Crippen molar-refractivity contribution < 1.29 is 14.1 Å². The van der Waals surface area contributed by atoms with Gasteiger partial charge in [-0.1, -0.05) is 0 Å². The molecule has 2 aromatic carbocycles. The summed E-state index contributed by atoms with van der Waals surface area (Å²) in [6.07, 6.45) is 2.73. The largest absolute Gasteiger partial charge is 0.361 e. The van der Waals surface area contributed by atoms with E-state index in [1.54, 1.807) is 18.3 Å². The molecule has 0 saturated heterocycles. The zero-order valence-corrected chi connectivity index (χ0v) is 12.1. The van der Waals surface area contributed by atoms with Crippen LogP contribution in [0, 0.1) is 15.9 Å². The number of hydrogen-bond acceptors (Lipinski definition) is 4. The van der Waals surface area contributed by atoms with E-state index in [1.807, 2.05) is 0 Å². The molecule has 23 heavy (non-hydrogen) atoms. The molecule has 1 aliphatic carbocycles. The minimum atomic E-state index is -0.469. The molecule has 3 rings (SSSR count). The first-order chi connectivity index (χ1) is 11.0. The summed E-state index contributed by atoms with van der Waals surface area (Å²) in [5.74, 6) is -0.464. The van der Waals surface area contributed by atoms with Gasteiger partial charge in [0.25, 0.3) is 5.69 Å². The normalized spacial score (nSPS) is 15.3. The molecule has 0 heterocycles. The number of ketones is 1. The zero-order chi connectivity index (χ0) is 16.4. The summed E-state index contributed by atoms with van der Waals surface area (Å²) in [6.45, 7) is 0. The molecular formula is C17H13FN2O3. The molecule has 0 unspecified atom stereocenters. The van der Waals surface area contributed by atoms with Gasteiger partial charge in [-0.25, -0.2) is 4.39 Å². The molecule has 0 atom stereocenters. The Balaban J connectivity index is 1.77. The average Bonchev–Trinajstić information content (AvgIpc) is 2.54. The van der Waals surface area contributed by atoms with Gasteiger partial charge in [-0.15, -0.1) is 0 Å². The number of rotatable bonds is 3. The average molecular weight is 312 g/mol. The van der Waals surface area contributed by atoms with Gasteiger partial charge in [-0.2, -0.15) is 0 Å². The van der Waals surface area contributed by atoms with E-state index < -0.39 is 4.92 Å². The number of non-ortho nitro benzene ring substituents is 1. The number of nitro benzene ring substituents is 1. The fraction of sp³-hybridized carbons (Fsp3) is 0.118. The molecule has 0 amide bonds. The summed E-state index contributed by atoms with van der Waals surface area (Å²) in [5.41, 5.74) is 2.51. The summed E-state index contributed by atoms with van der Waals surface area (Å²) in [4.78, 5) is 22.5. The van der Waals surface area contributed by atoms with Gasteiger partial charge in [0.05, 0.1) is 4.92 Å². The smallest absolute Gasteiger partial charge is 0.269 e. The Morgan fingerprint density at radius 3 is 2.57 bits per heavy atom. The van der Waals surface area contributed by atoms with Gasteiger partial charge in [0.2, 0.25) is 0 Å². The van der Waals surface area contributed by atoms with Crippen LogP contribution >= 0.6 is 0 Å². The molecule has 0 bridgehead atoms. The van der Waals surface area contributed by atoms with E-state index >= 15 is 0 Å². The highest BCUT2D eigenvalue weighted by atomic mass is 19.1. The molecule has 0 aliphatic heterocycles. The quantitative estimate of drug-likeness (QED) is 0.530. The van der Waals surface area contributed by atoms with E-state index in [0.29, 0.717) is 29.7 Å². The van der Waals surface area contributed by atoms with Crippen LogP contribution in [0.3, 0.4) is 0 Å². The number of allylic oxidation sites excluding steroid dienone is 1. The van der Waals surface area contributed by atoms with Crippen LogP contribution in [-0.4, -0.2) is 10.7 Å². The molecular weight excluding hydrogens is 299 g/mol. The number of hydrogen-bond donors (Lipinski definition) is 1. The molecule has 1 aliphatic rings. The fourth-order valence-corrected chi connectivity index (χ4v) is 2.53. The van der Waals surface area contributed by atoms with Gasteiger partial charge in [-0.05, 0) is 48.7 Å². The predicted octanol–water partition coefficient (Wildman–Crippen LogP) is 3.86. The summed E-state index contributed by atoms with van der Waals surface area (Å²) >= 11 is 0. The highest BCUT2D eigenvalue weighted by molar-refractivity contribution is 6.10. The second-order valence-electron chi connectivity index (χ2n) is 5.25. The highest BCUT2D eigenvalue weighted by Gasteiger charge is 2.22. The van der Waals surface area contributed by atoms with Crippen LogP contribution in [0.5, 0.6) is 0 Å². The van der Waals surface area contributed by atoms with Crippen LogP contribution in [0.1, 0.15) is 22.3 Å². The van der Waals surface area contributed by atoms with Crippen LogP contribution in [0.2, 0.25) is 0 Å². The van der Waals surface area contributed by atoms with E-state index in [1.165, 1.54) is 30.3 Å². The molecule has 0 saturated carbocycles. The Morgan fingerprint density at radius 2 is 1.87 bits per heavy atom. The molecule has 1 N–H and O–H groups in total. The van der Waals surface area contributed by atoms with E-state index in [0.717, 1.165) is 5.56 Å². The molecule has 0 fully saturated rings. The van der Waals surface area contributed by atoms with Crippen LogP contribution in [0.15, 0.2) is 54.2 Å². The van der Waals surface area contributed by atoms with E-state index in [-0.39, 0.29) is 17.3 Å². The van der Waals surface area contributed by atoms with Crippen molar-refractivity contribution in [3.8, 4) is 0 Å². The third-order valence-corrected chi connectivity index (χ3v) is 3.76. The summed E-state index contributed by atoms with van der Waals surface area (Å²) < 4.78 is 13.2. The number of aryl methyl sites for hydroxylation is 1. The van der Waals surface area contributed by atoms with Crippen molar-refractivity contribution in [3.63, 3.8) is 0 Å². The zero-order valence-electron chi connectivity index (χ0n) is 12.1. The van der Waals surface area contributed by atoms with Crippen molar-refractivity contribution in [1.29, 1.82) is 0 Å². The molecule has 116 valence electrons. The highest BCUT2D eigenvalue weighted by Crippen LogP contribution is 2.26. The van der Waals surface area contributed by atoms with Gasteiger partial charge >= 0.3 is 0 Å². The number of carbonyl (C=O) groups excluding carboxylic acids is 1. The standard InChI is InChI=1S/C17H13FN2O3/c18-13-3-8-16-11(9-13)1-2-12(17(16)21)10-19-14-4-6-15(7-5-14)20(22)23/h3-10,19H,1-2H2/b12-10-. The van der Waals surface area contributed by atoms with Gasteiger partial charge in [0, 0.05) is 35.2 Å². The number of nitrogens with one attached hydrogen (secondary N) is 1. The Bertz CT molecular complexity index is 813. The van der Waals surface area contributed by atoms with Crippen molar-refractivity contribution in [1.82, 2.24) is 0 Å². The number of Topliss-reactive ketones (excluding diaryl/α,β-unsaturated/α-hetero) is 1. The van der Waals surface area contributed by atoms with Crippen molar-refractivity contribution >= 4 is 17.2 Å². The molecule has 0 aromatic heterocycles. The predicted molar refractivity (Wildman–Crippen MR) is 83.9 cm³/mol. The Morgan fingerprint density at radius 1 is 1.13 bits per heavy atom. The minimum Gasteiger partial charge on any atom is -0.361 e.